The van der Waals surface area contributed by atoms with Gasteiger partial charge in [0.1, 0.15) is 0 Å². The van der Waals surface area contributed by atoms with Crippen molar-refractivity contribution in [3.8, 4) is 0 Å². The molecule has 1 heterocycles. The smallest absolute Gasteiger partial charge is 0.336 e. The van der Waals surface area contributed by atoms with Crippen LogP contribution in [0.25, 0.3) is 0 Å². The predicted octanol–water partition coefficient (Wildman–Crippen LogP) is 1.06. The number of rotatable bonds is 3. The first kappa shape index (κ1) is 14.3. The Labute approximate surface area is 116 Å². The highest BCUT2D eigenvalue weighted by molar-refractivity contribution is 5.95. The number of carboxylic acids is 1. The molecule has 108 valence electrons. The molecule has 7 nitrogen and oxygen atoms in total. The zero-order valence-electron chi connectivity index (χ0n) is 11.2. The molecule has 2 rings (SSSR count). The van der Waals surface area contributed by atoms with Crippen LogP contribution in [0.4, 0.5) is 10.5 Å². The molecule has 0 spiro atoms. The lowest BCUT2D eigenvalue weighted by atomic mass is 10.1. The van der Waals surface area contributed by atoms with Crippen LogP contribution < -0.4 is 10.7 Å². The number of ether oxygens (including phenoxy) is 1. The number of benzene rings is 1. The molecule has 0 saturated carbocycles. The van der Waals surface area contributed by atoms with Crippen molar-refractivity contribution in [3.05, 3.63) is 29.3 Å². The van der Waals surface area contributed by atoms with Crippen LogP contribution in [0.1, 0.15) is 15.9 Å². The number of carbonyl (C=O) groups excluding carboxylic acids is 1. The second-order valence-corrected chi connectivity index (χ2v) is 4.45. The molecule has 0 unspecified atom stereocenters. The molecular formula is C13H17N3O4. The van der Waals surface area contributed by atoms with E-state index in [1.807, 2.05) is 0 Å². The summed E-state index contributed by atoms with van der Waals surface area (Å²) in [5.41, 5.74) is 3.88. The van der Waals surface area contributed by atoms with Crippen LogP contribution in [0.3, 0.4) is 0 Å². The third-order valence-electron chi connectivity index (χ3n) is 3.08. The first-order valence-electron chi connectivity index (χ1n) is 6.31. The lowest BCUT2D eigenvalue weighted by Gasteiger charge is -2.27. The Morgan fingerprint density at radius 1 is 1.30 bits per heavy atom. The number of hydrogen-bond acceptors (Lipinski definition) is 4. The van der Waals surface area contributed by atoms with Crippen LogP contribution in [0.5, 0.6) is 0 Å². The van der Waals surface area contributed by atoms with Gasteiger partial charge in [0.2, 0.25) is 0 Å². The number of carbonyl (C=O) groups is 2. The van der Waals surface area contributed by atoms with E-state index in [1.54, 1.807) is 24.1 Å². The van der Waals surface area contributed by atoms with Gasteiger partial charge < -0.3 is 15.2 Å². The molecule has 1 aliphatic rings. The highest BCUT2D eigenvalue weighted by Gasteiger charge is 2.15. The standard InChI is InChI=1S/C13H17N3O4/c1-9-10(12(17)18)3-2-4-11(9)14-13(19)15-16-5-7-20-8-6-16/h2-4H,5-8H2,1H3,(H,17,18)(H2,14,15,19). The molecule has 7 heteroatoms. The average molecular weight is 279 g/mol. The summed E-state index contributed by atoms with van der Waals surface area (Å²) in [5, 5.41) is 13.5. The summed E-state index contributed by atoms with van der Waals surface area (Å²) in [6, 6.07) is 4.38. The van der Waals surface area contributed by atoms with E-state index in [1.165, 1.54) is 6.07 Å². The summed E-state index contributed by atoms with van der Waals surface area (Å²) in [6.45, 7) is 4.07. The molecule has 1 saturated heterocycles. The van der Waals surface area contributed by atoms with Gasteiger partial charge in [0, 0.05) is 18.8 Å². The summed E-state index contributed by atoms with van der Waals surface area (Å²) in [5.74, 6) is -1.01. The van der Waals surface area contributed by atoms with Crippen molar-refractivity contribution in [2.75, 3.05) is 31.6 Å². The van der Waals surface area contributed by atoms with E-state index >= 15 is 0 Å². The number of aromatic carboxylic acids is 1. The first-order valence-corrected chi connectivity index (χ1v) is 6.31. The third kappa shape index (κ3) is 3.46. The monoisotopic (exact) mass is 279 g/mol. The van der Waals surface area contributed by atoms with Crippen LogP contribution in [-0.2, 0) is 4.74 Å². The molecular weight excluding hydrogens is 262 g/mol. The van der Waals surface area contributed by atoms with E-state index in [0.717, 1.165) is 0 Å². The Bertz CT molecular complexity index is 512. The third-order valence-corrected chi connectivity index (χ3v) is 3.08. The number of morpholine rings is 1. The maximum absolute atomic E-state index is 11.9. The number of hydrogen-bond donors (Lipinski definition) is 3. The molecule has 0 aliphatic carbocycles. The minimum absolute atomic E-state index is 0.175. The highest BCUT2D eigenvalue weighted by Crippen LogP contribution is 2.18. The Morgan fingerprint density at radius 2 is 2.00 bits per heavy atom. The maximum Gasteiger partial charge on any atom is 0.336 e. The number of nitrogens with zero attached hydrogens (tertiary/aromatic N) is 1. The molecule has 0 radical (unpaired) electrons. The fraction of sp³-hybridized carbons (Fsp3) is 0.385. The molecule has 20 heavy (non-hydrogen) atoms. The van der Waals surface area contributed by atoms with Crippen LogP contribution in [-0.4, -0.2) is 48.4 Å². The van der Waals surface area contributed by atoms with Crippen molar-refractivity contribution < 1.29 is 19.4 Å². The van der Waals surface area contributed by atoms with Crippen molar-refractivity contribution in [1.29, 1.82) is 0 Å². The summed E-state index contributed by atoms with van der Waals surface area (Å²) in [4.78, 5) is 22.9. The number of hydrazine groups is 1. The Balaban J connectivity index is 2.00. The van der Waals surface area contributed by atoms with Crippen LogP contribution in [0.15, 0.2) is 18.2 Å². The minimum Gasteiger partial charge on any atom is -0.478 e. The Morgan fingerprint density at radius 3 is 2.65 bits per heavy atom. The molecule has 1 aliphatic heterocycles. The quantitative estimate of drug-likeness (QED) is 0.769. The molecule has 2 amide bonds. The molecule has 0 bridgehead atoms. The predicted molar refractivity (Wildman–Crippen MR) is 72.7 cm³/mol. The van der Waals surface area contributed by atoms with Gasteiger partial charge in [-0.1, -0.05) is 6.07 Å². The number of carboxylic acid groups (broad SMARTS) is 1. The van der Waals surface area contributed by atoms with E-state index in [-0.39, 0.29) is 5.56 Å². The molecule has 3 N–H and O–H groups in total. The van der Waals surface area contributed by atoms with Gasteiger partial charge in [-0.05, 0) is 24.6 Å². The molecule has 1 aromatic carbocycles. The summed E-state index contributed by atoms with van der Waals surface area (Å²) in [6.07, 6.45) is 0. The lowest BCUT2D eigenvalue weighted by molar-refractivity contribution is 0.0207. The van der Waals surface area contributed by atoms with Gasteiger partial charge in [0.15, 0.2) is 0 Å². The van der Waals surface area contributed by atoms with Gasteiger partial charge in [-0.15, -0.1) is 0 Å². The van der Waals surface area contributed by atoms with Gasteiger partial charge in [-0.3, -0.25) is 5.43 Å². The van der Waals surface area contributed by atoms with Crippen LogP contribution >= 0.6 is 0 Å². The number of amides is 2. The minimum atomic E-state index is -1.01. The van der Waals surface area contributed by atoms with Crippen molar-refractivity contribution in [1.82, 2.24) is 10.4 Å². The van der Waals surface area contributed by atoms with Crippen molar-refractivity contribution in [2.45, 2.75) is 6.92 Å². The fourth-order valence-corrected chi connectivity index (χ4v) is 1.97. The zero-order valence-corrected chi connectivity index (χ0v) is 11.2. The number of anilines is 1. The second kappa shape index (κ2) is 6.36. The van der Waals surface area contributed by atoms with Crippen molar-refractivity contribution in [3.63, 3.8) is 0 Å². The summed E-state index contributed by atoms with van der Waals surface area (Å²) >= 11 is 0. The van der Waals surface area contributed by atoms with Gasteiger partial charge in [-0.25, -0.2) is 14.6 Å². The lowest BCUT2D eigenvalue weighted by Crippen LogP contribution is -2.49. The van der Waals surface area contributed by atoms with Crippen LogP contribution in [0.2, 0.25) is 0 Å². The normalized spacial score (nSPS) is 15.7. The topological polar surface area (TPSA) is 90.9 Å². The van der Waals surface area contributed by atoms with Crippen LogP contribution in [0, 0.1) is 6.92 Å². The van der Waals surface area contributed by atoms with E-state index in [0.29, 0.717) is 37.6 Å². The molecule has 1 aromatic rings. The largest absolute Gasteiger partial charge is 0.478 e. The average Bonchev–Trinajstić information content (AvgIpc) is 2.42. The molecule has 0 atom stereocenters. The SMILES string of the molecule is Cc1c(NC(=O)NN2CCOCC2)cccc1C(=O)O. The van der Waals surface area contributed by atoms with E-state index in [9.17, 15) is 9.59 Å². The molecule has 1 fully saturated rings. The van der Waals surface area contributed by atoms with E-state index in [2.05, 4.69) is 10.7 Å². The zero-order chi connectivity index (χ0) is 14.5. The first-order chi connectivity index (χ1) is 9.58. The van der Waals surface area contributed by atoms with Crippen molar-refractivity contribution in [2.24, 2.45) is 0 Å². The number of urea groups is 1. The van der Waals surface area contributed by atoms with Gasteiger partial charge in [-0.2, -0.15) is 0 Å². The maximum atomic E-state index is 11.9. The molecule has 0 aromatic heterocycles. The van der Waals surface area contributed by atoms with E-state index < -0.39 is 12.0 Å². The Kier molecular flexibility index (Phi) is 4.54. The summed E-state index contributed by atoms with van der Waals surface area (Å²) in [7, 11) is 0. The number of nitrogens with one attached hydrogen (secondary N) is 2. The van der Waals surface area contributed by atoms with Gasteiger partial charge in [0.25, 0.3) is 0 Å². The van der Waals surface area contributed by atoms with Crippen molar-refractivity contribution >= 4 is 17.7 Å². The van der Waals surface area contributed by atoms with Gasteiger partial charge >= 0.3 is 12.0 Å². The van der Waals surface area contributed by atoms with E-state index in [4.69, 9.17) is 9.84 Å². The second-order valence-electron chi connectivity index (χ2n) is 4.45. The highest BCUT2D eigenvalue weighted by atomic mass is 16.5. The summed E-state index contributed by atoms with van der Waals surface area (Å²) < 4.78 is 5.18. The Hall–Kier alpha value is -2.12. The van der Waals surface area contributed by atoms with Gasteiger partial charge in [0.05, 0.1) is 18.8 Å². The fourth-order valence-electron chi connectivity index (χ4n) is 1.97.